The van der Waals surface area contributed by atoms with Crippen LogP contribution in [0, 0.1) is 0 Å². The first-order chi connectivity index (χ1) is 6.15. The lowest BCUT2D eigenvalue weighted by atomic mass is 10.1. The zero-order valence-corrected chi connectivity index (χ0v) is 9.06. The second-order valence-corrected chi connectivity index (χ2v) is 3.65. The molecular formula is C9H12BrNO2. The van der Waals surface area contributed by atoms with Crippen molar-refractivity contribution in [3.8, 4) is 0 Å². The van der Waals surface area contributed by atoms with Crippen LogP contribution >= 0.6 is 15.9 Å². The molecule has 0 saturated carbocycles. The molecule has 0 bridgehead atoms. The van der Waals surface area contributed by atoms with Crippen LogP contribution in [0.4, 0.5) is 0 Å². The Morgan fingerprint density at radius 3 is 2.92 bits per heavy atom. The summed E-state index contributed by atoms with van der Waals surface area (Å²) in [6.45, 7) is 2.10. The highest BCUT2D eigenvalue weighted by molar-refractivity contribution is 9.10. The lowest BCUT2D eigenvalue weighted by molar-refractivity contribution is 0.0971. The molecule has 0 saturated heterocycles. The third-order valence-electron chi connectivity index (χ3n) is 1.80. The molecule has 0 aliphatic carbocycles. The molecule has 1 rings (SSSR count). The van der Waals surface area contributed by atoms with E-state index in [4.69, 9.17) is 10.2 Å². The Hall–Kier alpha value is -0.770. The molecule has 0 aliphatic rings. The highest BCUT2D eigenvalue weighted by atomic mass is 79.9. The number of hydrogen-bond donors (Lipinski definition) is 1. The maximum Gasteiger partial charge on any atom is 0.284 e. The van der Waals surface area contributed by atoms with Gasteiger partial charge in [0.15, 0.2) is 10.4 Å². The molecule has 13 heavy (non-hydrogen) atoms. The minimum absolute atomic E-state index is 0.278. The summed E-state index contributed by atoms with van der Waals surface area (Å²) in [7, 11) is 0. The highest BCUT2D eigenvalue weighted by Crippen LogP contribution is 2.21. The number of halogens is 1. The molecule has 0 spiro atoms. The molecule has 1 heterocycles. The maximum absolute atomic E-state index is 10.9. The minimum Gasteiger partial charge on any atom is -0.444 e. The van der Waals surface area contributed by atoms with E-state index in [-0.39, 0.29) is 5.76 Å². The van der Waals surface area contributed by atoms with Crippen molar-refractivity contribution in [2.24, 2.45) is 5.73 Å². The number of unbranched alkanes of at least 4 members (excludes halogenated alkanes) is 1. The van der Waals surface area contributed by atoms with Crippen molar-refractivity contribution in [2.45, 2.75) is 26.2 Å². The molecule has 4 heteroatoms. The Morgan fingerprint density at radius 1 is 1.69 bits per heavy atom. The number of furan rings is 1. The molecular weight excluding hydrogens is 234 g/mol. The van der Waals surface area contributed by atoms with Gasteiger partial charge in [0.25, 0.3) is 5.91 Å². The predicted molar refractivity (Wildman–Crippen MR) is 53.5 cm³/mol. The lowest BCUT2D eigenvalue weighted by Crippen LogP contribution is -2.11. The van der Waals surface area contributed by atoms with Gasteiger partial charge in [-0.25, -0.2) is 0 Å². The summed E-state index contributed by atoms with van der Waals surface area (Å²) >= 11 is 3.17. The van der Waals surface area contributed by atoms with Gasteiger partial charge in [-0.05, 0) is 34.8 Å². The van der Waals surface area contributed by atoms with Gasteiger partial charge in [-0.2, -0.15) is 0 Å². The van der Waals surface area contributed by atoms with Crippen molar-refractivity contribution in [3.05, 3.63) is 22.1 Å². The second-order valence-electron chi connectivity index (χ2n) is 2.87. The van der Waals surface area contributed by atoms with Crippen LogP contribution in [0.2, 0.25) is 0 Å². The normalized spacial score (nSPS) is 10.3. The third-order valence-corrected chi connectivity index (χ3v) is 2.19. The largest absolute Gasteiger partial charge is 0.444 e. The predicted octanol–water partition coefficient (Wildman–Crippen LogP) is 2.48. The molecule has 0 aromatic carbocycles. The van der Waals surface area contributed by atoms with Crippen LogP contribution in [0.25, 0.3) is 0 Å². The van der Waals surface area contributed by atoms with E-state index in [9.17, 15) is 4.79 Å². The first-order valence-electron chi connectivity index (χ1n) is 4.23. The second kappa shape index (κ2) is 4.46. The molecule has 0 atom stereocenters. The van der Waals surface area contributed by atoms with Crippen LogP contribution in [0.3, 0.4) is 0 Å². The van der Waals surface area contributed by atoms with Crippen LogP contribution in [0.1, 0.15) is 35.9 Å². The minimum atomic E-state index is -0.503. The average Bonchev–Trinajstić information content (AvgIpc) is 2.43. The number of carbonyl (C=O) groups is 1. The summed E-state index contributed by atoms with van der Waals surface area (Å²) in [5.41, 5.74) is 6.04. The fourth-order valence-electron chi connectivity index (χ4n) is 1.16. The van der Waals surface area contributed by atoms with Crippen molar-refractivity contribution in [3.63, 3.8) is 0 Å². The smallest absolute Gasteiger partial charge is 0.284 e. The number of amides is 1. The van der Waals surface area contributed by atoms with Gasteiger partial charge < -0.3 is 10.2 Å². The van der Waals surface area contributed by atoms with Crippen molar-refractivity contribution in [1.29, 1.82) is 0 Å². The summed E-state index contributed by atoms with van der Waals surface area (Å²) in [6, 6.07) is 1.80. The molecule has 3 nitrogen and oxygen atoms in total. The molecule has 1 aromatic heterocycles. The molecule has 1 amide bonds. The molecule has 0 fully saturated rings. The van der Waals surface area contributed by atoms with Gasteiger partial charge in [-0.1, -0.05) is 13.3 Å². The third kappa shape index (κ3) is 2.59. The monoisotopic (exact) mass is 245 g/mol. The first-order valence-corrected chi connectivity index (χ1v) is 5.02. The quantitative estimate of drug-likeness (QED) is 0.887. The number of rotatable bonds is 4. The number of primary amides is 1. The SMILES string of the molecule is CCCCc1cc(Br)oc1C(N)=O. The molecule has 72 valence electrons. The topological polar surface area (TPSA) is 56.2 Å². The van der Waals surface area contributed by atoms with Gasteiger partial charge in [-0.3, -0.25) is 4.79 Å². The number of carbonyl (C=O) groups excluding carboxylic acids is 1. The van der Waals surface area contributed by atoms with Crippen LogP contribution in [-0.4, -0.2) is 5.91 Å². The van der Waals surface area contributed by atoms with Crippen molar-refractivity contribution in [1.82, 2.24) is 0 Å². The number of hydrogen-bond acceptors (Lipinski definition) is 2. The first kappa shape index (κ1) is 10.3. The Balaban J connectivity index is 2.84. The van der Waals surface area contributed by atoms with E-state index in [0.29, 0.717) is 4.67 Å². The Bertz CT molecular complexity index is 307. The Morgan fingerprint density at radius 2 is 2.38 bits per heavy atom. The lowest BCUT2D eigenvalue weighted by Gasteiger charge is -1.96. The number of nitrogens with two attached hydrogens (primary N) is 1. The summed E-state index contributed by atoms with van der Waals surface area (Å²) in [5, 5.41) is 0. The van der Waals surface area contributed by atoms with E-state index in [0.717, 1.165) is 24.8 Å². The average molecular weight is 246 g/mol. The zero-order valence-electron chi connectivity index (χ0n) is 7.47. The van der Waals surface area contributed by atoms with E-state index in [1.807, 2.05) is 0 Å². The van der Waals surface area contributed by atoms with E-state index < -0.39 is 5.91 Å². The zero-order chi connectivity index (χ0) is 9.84. The molecule has 0 radical (unpaired) electrons. The van der Waals surface area contributed by atoms with Crippen LogP contribution < -0.4 is 5.73 Å². The van der Waals surface area contributed by atoms with Gasteiger partial charge in [0.1, 0.15) is 0 Å². The molecule has 0 unspecified atom stereocenters. The summed E-state index contributed by atoms with van der Waals surface area (Å²) in [6.07, 6.45) is 2.96. The number of aryl methyl sites for hydroxylation is 1. The fraction of sp³-hybridized carbons (Fsp3) is 0.444. The maximum atomic E-state index is 10.9. The van der Waals surface area contributed by atoms with Crippen molar-refractivity contribution < 1.29 is 9.21 Å². The highest BCUT2D eigenvalue weighted by Gasteiger charge is 2.13. The standard InChI is InChI=1S/C9H12BrNO2/c1-2-3-4-6-5-7(10)13-8(6)9(11)12/h5H,2-4H2,1H3,(H2,11,12). The van der Waals surface area contributed by atoms with Gasteiger partial charge in [0, 0.05) is 5.56 Å². The van der Waals surface area contributed by atoms with Crippen molar-refractivity contribution in [2.75, 3.05) is 0 Å². The van der Waals surface area contributed by atoms with E-state index in [2.05, 4.69) is 22.9 Å². The summed E-state index contributed by atoms with van der Waals surface area (Å²) in [4.78, 5) is 10.9. The molecule has 0 aliphatic heterocycles. The molecule has 1 aromatic rings. The summed E-state index contributed by atoms with van der Waals surface area (Å²) in [5.74, 6) is -0.225. The van der Waals surface area contributed by atoms with Gasteiger partial charge >= 0.3 is 0 Å². The van der Waals surface area contributed by atoms with E-state index >= 15 is 0 Å². The fourth-order valence-corrected chi connectivity index (χ4v) is 1.59. The van der Waals surface area contributed by atoms with Gasteiger partial charge in [-0.15, -0.1) is 0 Å². The van der Waals surface area contributed by atoms with Crippen LogP contribution in [0.5, 0.6) is 0 Å². The van der Waals surface area contributed by atoms with Crippen LogP contribution in [0.15, 0.2) is 15.2 Å². The summed E-state index contributed by atoms with van der Waals surface area (Å²) < 4.78 is 5.68. The van der Waals surface area contributed by atoms with E-state index in [1.165, 1.54) is 0 Å². The van der Waals surface area contributed by atoms with Gasteiger partial charge in [0.05, 0.1) is 0 Å². The van der Waals surface area contributed by atoms with Crippen LogP contribution in [-0.2, 0) is 6.42 Å². The molecule has 2 N–H and O–H groups in total. The van der Waals surface area contributed by atoms with Gasteiger partial charge in [0.2, 0.25) is 0 Å². The Kier molecular flexibility index (Phi) is 3.54. The Labute approximate surface area is 85.4 Å². The van der Waals surface area contributed by atoms with Crippen molar-refractivity contribution >= 4 is 21.8 Å². The van der Waals surface area contributed by atoms with E-state index in [1.54, 1.807) is 6.07 Å².